The molecule has 0 spiro atoms. The number of benzene rings is 1. The summed E-state index contributed by atoms with van der Waals surface area (Å²) in [6, 6.07) is 6.18. The van der Waals surface area contributed by atoms with Gasteiger partial charge >= 0.3 is 0 Å². The molecule has 20 heavy (non-hydrogen) atoms. The third kappa shape index (κ3) is 4.12. The van der Waals surface area contributed by atoms with Crippen LogP contribution in [0, 0.1) is 5.92 Å². The van der Waals surface area contributed by atoms with E-state index in [4.69, 9.17) is 9.47 Å². The molecule has 1 aromatic rings. The number of hydrogen-bond donors (Lipinski definition) is 2. The molecule has 2 N–H and O–H groups in total. The van der Waals surface area contributed by atoms with Crippen LogP contribution in [0.5, 0.6) is 11.5 Å². The molecule has 0 fully saturated rings. The number of aliphatic hydroxyl groups excluding tert-OH is 1. The molecule has 4 heteroatoms. The van der Waals surface area contributed by atoms with E-state index < -0.39 is 0 Å². The summed E-state index contributed by atoms with van der Waals surface area (Å²) in [5.74, 6) is 2.13. The minimum atomic E-state index is -0.297. The third-order valence-electron chi connectivity index (χ3n) is 3.47. The summed E-state index contributed by atoms with van der Waals surface area (Å²) in [6.07, 6.45) is 0.524. The number of hydrogen-bond acceptors (Lipinski definition) is 4. The van der Waals surface area contributed by atoms with Crippen molar-refractivity contribution in [1.82, 2.24) is 5.32 Å². The van der Waals surface area contributed by atoms with Crippen molar-refractivity contribution in [2.24, 2.45) is 5.92 Å². The van der Waals surface area contributed by atoms with Gasteiger partial charge in [-0.1, -0.05) is 19.9 Å². The van der Waals surface area contributed by atoms with E-state index in [1.54, 1.807) is 0 Å². The van der Waals surface area contributed by atoms with Gasteiger partial charge in [0.1, 0.15) is 13.2 Å². The molecule has 0 saturated heterocycles. The first-order chi connectivity index (χ1) is 9.56. The molecule has 0 radical (unpaired) electrons. The minimum Gasteiger partial charge on any atom is -0.486 e. The molecule has 0 saturated carbocycles. The summed E-state index contributed by atoms with van der Waals surface area (Å²) >= 11 is 0. The fourth-order valence-electron chi connectivity index (χ4n) is 2.39. The van der Waals surface area contributed by atoms with Gasteiger partial charge in [-0.2, -0.15) is 0 Å². The van der Waals surface area contributed by atoms with Gasteiger partial charge in [0.15, 0.2) is 11.5 Å². The fraction of sp³-hybridized carbons (Fsp3) is 0.625. The monoisotopic (exact) mass is 279 g/mol. The lowest BCUT2D eigenvalue weighted by Crippen LogP contribution is -2.30. The highest BCUT2D eigenvalue weighted by Crippen LogP contribution is 2.32. The van der Waals surface area contributed by atoms with Crippen molar-refractivity contribution in [2.45, 2.75) is 39.3 Å². The summed E-state index contributed by atoms with van der Waals surface area (Å²) < 4.78 is 11.1. The molecular formula is C16H25NO3. The molecule has 0 bridgehead atoms. The molecule has 1 aromatic carbocycles. The first-order valence-electron chi connectivity index (χ1n) is 7.37. The summed E-state index contributed by atoms with van der Waals surface area (Å²) in [4.78, 5) is 0. The predicted molar refractivity (Wildman–Crippen MR) is 79.3 cm³/mol. The average molecular weight is 279 g/mol. The quantitative estimate of drug-likeness (QED) is 0.840. The van der Waals surface area contributed by atoms with Crippen LogP contribution in [0.1, 0.15) is 38.8 Å². The molecule has 0 amide bonds. The number of nitrogens with one attached hydrogen (secondary N) is 1. The molecule has 1 heterocycles. The summed E-state index contributed by atoms with van der Waals surface area (Å²) in [5.41, 5.74) is 1.14. The third-order valence-corrected chi connectivity index (χ3v) is 3.47. The van der Waals surface area contributed by atoms with E-state index in [1.165, 1.54) is 0 Å². The van der Waals surface area contributed by atoms with Crippen LogP contribution in [0.25, 0.3) is 0 Å². The highest BCUT2D eigenvalue weighted by Gasteiger charge is 2.15. The van der Waals surface area contributed by atoms with Crippen LogP contribution >= 0.6 is 0 Å². The Morgan fingerprint density at radius 2 is 1.85 bits per heavy atom. The number of rotatable bonds is 6. The summed E-state index contributed by atoms with van der Waals surface area (Å²) in [6.45, 7) is 8.15. The molecule has 2 atom stereocenters. The Balaban J connectivity index is 1.90. The fourth-order valence-corrected chi connectivity index (χ4v) is 2.39. The van der Waals surface area contributed by atoms with E-state index in [0.717, 1.165) is 23.5 Å². The zero-order chi connectivity index (χ0) is 14.5. The standard InChI is InChI=1S/C16H25NO3/c1-11(2)8-14(18)10-17-12(3)13-4-5-15-16(9-13)20-7-6-19-15/h4-5,9,11-12,14,17-18H,6-8,10H2,1-3H3. The van der Waals surface area contributed by atoms with Gasteiger partial charge in [0.25, 0.3) is 0 Å². The SMILES string of the molecule is CC(C)CC(O)CNC(C)c1ccc2c(c1)OCCO2. The first-order valence-corrected chi connectivity index (χ1v) is 7.37. The largest absolute Gasteiger partial charge is 0.486 e. The Morgan fingerprint density at radius 1 is 1.15 bits per heavy atom. The van der Waals surface area contributed by atoms with E-state index in [1.807, 2.05) is 18.2 Å². The first kappa shape index (κ1) is 15.1. The van der Waals surface area contributed by atoms with E-state index in [-0.39, 0.29) is 12.1 Å². The number of aliphatic hydroxyl groups is 1. The Labute approximate surface area is 121 Å². The van der Waals surface area contributed by atoms with Gasteiger partial charge in [-0.15, -0.1) is 0 Å². The molecule has 1 aliphatic rings. The molecular weight excluding hydrogens is 254 g/mol. The van der Waals surface area contributed by atoms with Gasteiger partial charge in [-0.05, 0) is 37.0 Å². The van der Waals surface area contributed by atoms with E-state index >= 15 is 0 Å². The van der Waals surface area contributed by atoms with Gasteiger partial charge < -0.3 is 19.9 Å². The van der Waals surface area contributed by atoms with Gasteiger partial charge in [0.2, 0.25) is 0 Å². The van der Waals surface area contributed by atoms with Crippen molar-refractivity contribution in [3.05, 3.63) is 23.8 Å². The Bertz CT molecular complexity index is 434. The van der Waals surface area contributed by atoms with Crippen LogP contribution in [-0.4, -0.2) is 31.0 Å². The van der Waals surface area contributed by atoms with Crippen LogP contribution in [-0.2, 0) is 0 Å². The lowest BCUT2D eigenvalue weighted by Gasteiger charge is -2.22. The molecule has 4 nitrogen and oxygen atoms in total. The van der Waals surface area contributed by atoms with Gasteiger partial charge in [0, 0.05) is 12.6 Å². The van der Waals surface area contributed by atoms with Gasteiger partial charge in [0.05, 0.1) is 6.10 Å². The topological polar surface area (TPSA) is 50.7 Å². The Morgan fingerprint density at radius 3 is 2.55 bits per heavy atom. The molecule has 0 aliphatic carbocycles. The van der Waals surface area contributed by atoms with Crippen LogP contribution in [0.4, 0.5) is 0 Å². The average Bonchev–Trinajstić information content (AvgIpc) is 2.43. The van der Waals surface area contributed by atoms with Crippen molar-refractivity contribution < 1.29 is 14.6 Å². The smallest absolute Gasteiger partial charge is 0.161 e. The molecule has 1 aliphatic heterocycles. The van der Waals surface area contributed by atoms with Crippen molar-refractivity contribution >= 4 is 0 Å². The van der Waals surface area contributed by atoms with Crippen LogP contribution in [0.3, 0.4) is 0 Å². The maximum Gasteiger partial charge on any atom is 0.161 e. The second-order valence-corrected chi connectivity index (χ2v) is 5.82. The Kier molecular flexibility index (Phi) is 5.26. The van der Waals surface area contributed by atoms with Crippen molar-refractivity contribution in [1.29, 1.82) is 0 Å². The summed E-state index contributed by atoms with van der Waals surface area (Å²) in [5, 5.41) is 13.3. The van der Waals surface area contributed by atoms with Crippen LogP contribution in [0.15, 0.2) is 18.2 Å². The molecule has 2 rings (SSSR count). The zero-order valence-electron chi connectivity index (χ0n) is 12.6. The lowest BCUT2D eigenvalue weighted by molar-refractivity contribution is 0.143. The van der Waals surface area contributed by atoms with E-state index in [9.17, 15) is 5.11 Å². The maximum absolute atomic E-state index is 9.90. The van der Waals surface area contributed by atoms with Gasteiger partial charge in [-0.25, -0.2) is 0 Å². The van der Waals surface area contributed by atoms with Crippen molar-refractivity contribution in [2.75, 3.05) is 19.8 Å². The highest BCUT2D eigenvalue weighted by atomic mass is 16.6. The summed E-state index contributed by atoms with van der Waals surface area (Å²) in [7, 11) is 0. The normalized spacial score (nSPS) is 17.1. The minimum absolute atomic E-state index is 0.174. The predicted octanol–water partition coefficient (Wildman–Crippen LogP) is 2.52. The second-order valence-electron chi connectivity index (χ2n) is 5.82. The Hall–Kier alpha value is -1.26. The molecule has 2 unspecified atom stereocenters. The van der Waals surface area contributed by atoms with E-state index in [0.29, 0.717) is 25.7 Å². The lowest BCUT2D eigenvalue weighted by atomic mass is 10.0. The van der Waals surface area contributed by atoms with Crippen molar-refractivity contribution in [3.63, 3.8) is 0 Å². The second kappa shape index (κ2) is 6.95. The maximum atomic E-state index is 9.90. The highest BCUT2D eigenvalue weighted by molar-refractivity contribution is 5.44. The van der Waals surface area contributed by atoms with E-state index in [2.05, 4.69) is 26.1 Å². The zero-order valence-corrected chi connectivity index (χ0v) is 12.6. The number of fused-ring (bicyclic) bond motifs is 1. The number of ether oxygens (including phenoxy) is 2. The molecule has 0 aromatic heterocycles. The van der Waals surface area contributed by atoms with Crippen molar-refractivity contribution in [3.8, 4) is 11.5 Å². The van der Waals surface area contributed by atoms with Crippen LogP contribution < -0.4 is 14.8 Å². The molecule has 112 valence electrons. The van der Waals surface area contributed by atoms with Gasteiger partial charge in [-0.3, -0.25) is 0 Å². The van der Waals surface area contributed by atoms with Crippen LogP contribution in [0.2, 0.25) is 0 Å².